The summed E-state index contributed by atoms with van der Waals surface area (Å²) in [7, 11) is 1.24. The number of methoxy groups -OCH3 is 1. The van der Waals surface area contributed by atoms with E-state index < -0.39 is 12.1 Å². The number of rotatable bonds is 2. The number of anilines is 1. The minimum Gasteiger partial charge on any atom is -0.478 e. The van der Waals surface area contributed by atoms with Crippen molar-refractivity contribution in [3.63, 3.8) is 0 Å². The van der Waals surface area contributed by atoms with Gasteiger partial charge in [0, 0.05) is 3.57 Å². The molecule has 0 heterocycles. The SMILES string of the molecule is COC(=O)Nc1cc(C(=O)O)ccc1I. The summed E-state index contributed by atoms with van der Waals surface area (Å²) in [6, 6.07) is 4.45. The summed E-state index contributed by atoms with van der Waals surface area (Å²) < 4.78 is 5.15. The first-order chi connectivity index (χ1) is 7.04. The summed E-state index contributed by atoms with van der Waals surface area (Å²) in [5, 5.41) is 11.2. The van der Waals surface area contributed by atoms with Gasteiger partial charge in [-0.25, -0.2) is 9.59 Å². The van der Waals surface area contributed by atoms with Crippen molar-refractivity contribution in [1.29, 1.82) is 0 Å². The molecule has 1 aromatic rings. The van der Waals surface area contributed by atoms with Crippen LogP contribution in [-0.2, 0) is 4.74 Å². The number of benzene rings is 1. The third kappa shape index (κ3) is 3.08. The number of halogens is 1. The Morgan fingerprint density at radius 1 is 1.47 bits per heavy atom. The molecule has 1 rings (SSSR count). The van der Waals surface area contributed by atoms with Gasteiger partial charge in [0.1, 0.15) is 0 Å². The third-order valence-electron chi connectivity index (χ3n) is 1.64. The van der Waals surface area contributed by atoms with E-state index in [2.05, 4.69) is 10.1 Å². The summed E-state index contributed by atoms with van der Waals surface area (Å²) in [5.41, 5.74) is 0.532. The fourth-order valence-corrected chi connectivity index (χ4v) is 1.39. The molecule has 0 radical (unpaired) electrons. The fourth-order valence-electron chi connectivity index (χ4n) is 0.915. The molecule has 5 nitrogen and oxygen atoms in total. The number of ether oxygens (including phenoxy) is 1. The Bertz CT molecular complexity index is 405. The minimum absolute atomic E-state index is 0.113. The van der Waals surface area contributed by atoms with Crippen LogP contribution in [0.5, 0.6) is 0 Å². The van der Waals surface area contributed by atoms with Gasteiger partial charge in [-0.3, -0.25) is 5.32 Å². The Kier molecular flexibility index (Phi) is 3.89. The molecule has 0 bridgehead atoms. The van der Waals surface area contributed by atoms with Crippen LogP contribution in [-0.4, -0.2) is 24.3 Å². The summed E-state index contributed by atoms with van der Waals surface area (Å²) in [4.78, 5) is 21.6. The Balaban J connectivity index is 3.00. The highest BCUT2D eigenvalue weighted by molar-refractivity contribution is 14.1. The molecular formula is C9H8INO4. The van der Waals surface area contributed by atoms with Gasteiger partial charge in [0.2, 0.25) is 0 Å². The predicted octanol–water partition coefficient (Wildman–Crippen LogP) is 2.17. The van der Waals surface area contributed by atoms with Crippen molar-refractivity contribution in [1.82, 2.24) is 0 Å². The molecule has 0 fully saturated rings. The molecule has 0 aromatic heterocycles. The molecule has 0 atom stereocenters. The van der Waals surface area contributed by atoms with Crippen molar-refractivity contribution >= 4 is 40.3 Å². The van der Waals surface area contributed by atoms with E-state index in [1.165, 1.54) is 19.2 Å². The van der Waals surface area contributed by atoms with Crippen LogP contribution in [0.4, 0.5) is 10.5 Å². The summed E-state index contributed by atoms with van der Waals surface area (Å²) >= 11 is 1.99. The van der Waals surface area contributed by atoms with Crippen molar-refractivity contribution in [3.8, 4) is 0 Å². The predicted molar refractivity (Wildman–Crippen MR) is 62.1 cm³/mol. The number of carboxylic acids is 1. The van der Waals surface area contributed by atoms with Crippen molar-refractivity contribution in [2.45, 2.75) is 0 Å². The van der Waals surface area contributed by atoms with Gasteiger partial charge < -0.3 is 9.84 Å². The Labute approximate surface area is 99.6 Å². The van der Waals surface area contributed by atoms with E-state index in [0.717, 1.165) is 3.57 Å². The second-order valence-electron chi connectivity index (χ2n) is 2.62. The number of carbonyl (C=O) groups excluding carboxylic acids is 1. The maximum absolute atomic E-state index is 10.9. The zero-order chi connectivity index (χ0) is 11.4. The monoisotopic (exact) mass is 321 g/mol. The van der Waals surface area contributed by atoms with Crippen LogP contribution in [0.1, 0.15) is 10.4 Å². The first-order valence-corrected chi connectivity index (χ1v) is 5.00. The van der Waals surface area contributed by atoms with Gasteiger partial charge in [-0.2, -0.15) is 0 Å². The second-order valence-corrected chi connectivity index (χ2v) is 3.78. The van der Waals surface area contributed by atoms with Crippen molar-refractivity contribution in [3.05, 3.63) is 27.3 Å². The topological polar surface area (TPSA) is 75.6 Å². The van der Waals surface area contributed by atoms with Crippen molar-refractivity contribution < 1.29 is 19.4 Å². The molecule has 0 aliphatic rings. The van der Waals surface area contributed by atoms with E-state index in [-0.39, 0.29) is 5.56 Å². The zero-order valence-electron chi connectivity index (χ0n) is 7.78. The number of amides is 1. The van der Waals surface area contributed by atoms with E-state index >= 15 is 0 Å². The van der Waals surface area contributed by atoms with Gasteiger partial charge in [0.25, 0.3) is 0 Å². The van der Waals surface area contributed by atoms with Gasteiger partial charge in [-0.15, -0.1) is 0 Å². The molecule has 6 heteroatoms. The van der Waals surface area contributed by atoms with E-state index in [1.54, 1.807) is 6.07 Å². The molecule has 1 aromatic carbocycles. The molecule has 2 N–H and O–H groups in total. The van der Waals surface area contributed by atoms with Crippen LogP contribution in [0, 0.1) is 3.57 Å². The Hall–Kier alpha value is -1.31. The van der Waals surface area contributed by atoms with E-state index in [4.69, 9.17) is 5.11 Å². The van der Waals surface area contributed by atoms with Gasteiger partial charge >= 0.3 is 12.1 Å². The lowest BCUT2D eigenvalue weighted by molar-refractivity contribution is 0.0697. The van der Waals surface area contributed by atoms with E-state index in [9.17, 15) is 9.59 Å². The standard InChI is InChI=1S/C9H8INO4/c1-15-9(14)11-7-4-5(8(12)13)2-3-6(7)10/h2-4H,1H3,(H,11,14)(H,12,13). The van der Waals surface area contributed by atoms with E-state index in [0.29, 0.717) is 5.69 Å². The molecule has 80 valence electrons. The highest BCUT2D eigenvalue weighted by atomic mass is 127. The Morgan fingerprint density at radius 2 is 2.13 bits per heavy atom. The largest absolute Gasteiger partial charge is 0.478 e. The van der Waals surface area contributed by atoms with Gasteiger partial charge in [0.05, 0.1) is 18.4 Å². The summed E-state index contributed by atoms with van der Waals surface area (Å²) in [6.45, 7) is 0. The molecule has 0 aliphatic carbocycles. The Morgan fingerprint density at radius 3 is 2.67 bits per heavy atom. The molecular weight excluding hydrogens is 313 g/mol. The quantitative estimate of drug-likeness (QED) is 0.819. The number of carbonyl (C=O) groups is 2. The first-order valence-electron chi connectivity index (χ1n) is 3.92. The fraction of sp³-hybridized carbons (Fsp3) is 0.111. The molecule has 1 amide bonds. The molecule has 15 heavy (non-hydrogen) atoms. The van der Waals surface area contributed by atoms with Crippen LogP contribution in [0.15, 0.2) is 18.2 Å². The normalized spacial score (nSPS) is 9.47. The number of nitrogens with one attached hydrogen (secondary N) is 1. The molecule has 0 aliphatic heterocycles. The van der Waals surface area contributed by atoms with Crippen LogP contribution in [0.25, 0.3) is 0 Å². The number of carboxylic acid groups (broad SMARTS) is 1. The lowest BCUT2D eigenvalue weighted by atomic mass is 10.2. The smallest absolute Gasteiger partial charge is 0.411 e. The van der Waals surface area contributed by atoms with Crippen molar-refractivity contribution in [2.24, 2.45) is 0 Å². The minimum atomic E-state index is -1.04. The first kappa shape index (κ1) is 11.8. The highest BCUT2D eigenvalue weighted by Gasteiger charge is 2.09. The second kappa shape index (κ2) is 4.96. The average Bonchev–Trinajstić information content (AvgIpc) is 2.20. The van der Waals surface area contributed by atoms with Crippen LogP contribution < -0.4 is 5.32 Å². The zero-order valence-corrected chi connectivity index (χ0v) is 9.94. The average molecular weight is 321 g/mol. The number of hydrogen-bond acceptors (Lipinski definition) is 3. The molecule has 0 spiro atoms. The highest BCUT2D eigenvalue weighted by Crippen LogP contribution is 2.20. The molecule has 0 saturated heterocycles. The number of aromatic carboxylic acids is 1. The lowest BCUT2D eigenvalue weighted by Crippen LogP contribution is -2.12. The van der Waals surface area contributed by atoms with Crippen molar-refractivity contribution in [2.75, 3.05) is 12.4 Å². The van der Waals surface area contributed by atoms with Gasteiger partial charge in [-0.05, 0) is 40.8 Å². The van der Waals surface area contributed by atoms with Gasteiger partial charge in [-0.1, -0.05) is 0 Å². The van der Waals surface area contributed by atoms with Crippen LogP contribution in [0.3, 0.4) is 0 Å². The maximum atomic E-state index is 10.9. The summed E-state index contributed by atoms with van der Waals surface area (Å²) in [6.07, 6.45) is -0.629. The third-order valence-corrected chi connectivity index (χ3v) is 2.58. The summed E-state index contributed by atoms with van der Waals surface area (Å²) in [5.74, 6) is -1.04. The number of hydrogen-bond donors (Lipinski definition) is 2. The maximum Gasteiger partial charge on any atom is 0.411 e. The molecule has 0 saturated carbocycles. The van der Waals surface area contributed by atoms with E-state index in [1.807, 2.05) is 22.6 Å². The van der Waals surface area contributed by atoms with Gasteiger partial charge in [0.15, 0.2) is 0 Å². The lowest BCUT2D eigenvalue weighted by Gasteiger charge is -2.06. The van der Waals surface area contributed by atoms with Crippen LogP contribution in [0.2, 0.25) is 0 Å². The van der Waals surface area contributed by atoms with Crippen LogP contribution >= 0.6 is 22.6 Å². The molecule has 0 unspecified atom stereocenters.